The number of aliphatic hydroxyl groups excluding tert-OH is 3. The van der Waals surface area contributed by atoms with Crippen LogP contribution in [0.4, 0.5) is 0 Å². The topological polar surface area (TPSA) is 171 Å². The van der Waals surface area contributed by atoms with Gasteiger partial charge in [0.2, 0.25) is 0 Å². The van der Waals surface area contributed by atoms with Crippen LogP contribution in [0.25, 0.3) is 0 Å². The van der Waals surface area contributed by atoms with Crippen LogP contribution in [0, 0.1) is 0 Å². The Hall–Kier alpha value is -9.78. The molecule has 0 amide bonds. The summed E-state index contributed by atoms with van der Waals surface area (Å²) in [6, 6.07) is 98.5. The molecule has 11 unspecified atom stereocenters. The lowest BCUT2D eigenvalue weighted by molar-refractivity contribution is 0.0626. The van der Waals surface area contributed by atoms with Crippen LogP contribution < -0.4 is 56.8 Å². The van der Waals surface area contributed by atoms with E-state index in [2.05, 4.69) is 224 Å². The van der Waals surface area contributed by atoms with Crippen LogP contribution in [-0.4, -0.2) is 160 Å². The van der Waals surface area contributed by atoms with Crippen molar-refractivity contribution >= 4 is 70.6 Å². The van der Waals surface area contributed by atoms with Crippen LogP contribution in [0.5, 0.6) is 69.0 Å². The Labute approximate surface area is 785 Å². The van der Waals surface area contributed by atoms with Crippen LogP contribution in [0.3, 0.4) is 0 Å². The van der Waals surface area contributed by atoms with E-state index in [0.29, 0.717) is 43.6 Å². The number of thioether (sulfide) groups is 6. The third-order valence-electron chi connectivity index (χ3n) is 23.2. The van der Waals surface area contributed by atoms with Gasteiger partial charge in [0, 0.05) is 72.9 Å². The first-order chi connectivity index (χ1) is 62.8. The van der Waals surface area contributed by atoms with Gasteiger partial charge in [-0.2, -0.15) is 35.3 Å². The molecule has 6 aliphatic rings. The highest BCUT2D eigenvalue weighted by Gasteiger charge is 2.31. The van der Waals surface area contributed by atoms with Gasteiger partial charge in [-0.15, -0.1) is 35.3 Å². The number of benzene rings is 12. The Morgan fingerprint density at radius 2 is 0.411 bits per heavy atom. The maximum atomic E-state index is 10.5. The zero-order valence-electron chi connectivity index (χ0n) is 73.8. The Morgan fingerprint density at radius 3 is 0.612 bits per heavy atom. The van der Waals surface area contributed by atoms with Crippen molar-refractivity contribution in [3.63, 3.8) is 0 Å². The minimum Gasteiger partial charge on any atom is -0.492 e. The largest absolute Gasteiger partial charge is 0.492 e. The Morgan fingerprint density at radius 1 is 0.240 bits per heavy atom. The van der Waals surface area contributed by atoms with Gasteiger partial charge in [0.25, 0.3) is 0 Å². The Balaban J connectivity index is 0.000000142. The fourth-order valence-electron chi connectivity index (χ4n) is 14.4. The summed E-state index contributed by atoms with van der Waals surface area (Å²) in [5.41, 5.74) is 15.2. The van der Waals surface area contributed by atoms with Gasteiger partial charge < -0.3 is 72.2 Å². The predicted octanol–water partition coefficient (Wildman–Crippen LogP) is 22.5. The molecule has 18 rings (SSSR count). The van der Waals surface area contributed by atoms with Crippen molar-refractivity contribution in [3.8, 4) is 69.0 Å². The lowest BCUT2D eigenvalue weighted by Gasteiger charge is -2.26. The van der Waals surface area contributed by atoms with E-state index in [1.54, 1.807) is 0 Å². The molecule has 21 heteroatoms. The summed E-state index contributed by atoms with van der Waals surface area (Å²) in [5, 5.41) is 33.4. The Kier molecular flexibility index (Phi) is 32.2. The maximum absolute atomic E-state index is 10.5. The smallest absolute Gasteiger partial charge is 0.153 e. The summed E-state index contributed by atoms with van der Waals surface area (Å²) in [4.78, 5) is 0. The second kappa shape index (κ2) is 44.9. The summed E-state index contributed by atoms with van der Waals surface area (Å²) >= 11 is 11.3. The van der Waals surface area contributed by atoms with Crippen LogP contribution in [0.1, 0.15) is 120 Å². The second-order valence-electron chi connectivity index (χ2n) is 34.3. The average Bonchev–Trinajstić information content (AvgIpc) is 1.07. The Bertz CT molecular complexity index is 5410. The quantitative estimate of drug-likeness (QED) is 0.0308. The SMILES string of the molecule is CC(C)(c1ccc(OCC(O)COc2ccc(C(C)(C)c3ccc(OC4CS4)cc3)cc2)cc1)c1ccc(OCC2CS2)cc1.CC(c1ccc(OCC(O)COc2ccc(C(C)c3ccc(OC4CS4)cc3)cc2)cc1)c1ccc(OCC2CS2)cc1.OC(COc1ccc(Cc2ccc(OCC3CS3)cc2)cc1)COc1ccc(Cc2ccc(OC3CS3)cc2)cc1. The summed E-state index contributed by atoms with van der Waals surface area (Å²) in [5.74, 6) is 17.3. The van der Waals surface area contributed by atoms with Crippen LogP contribution in [-0.2, 0) is 23.7 Å². The molecule has 12 aromatic rings. The standard InChI is InChI=1S/C38H42O5S2.C36H38O5S2.C34H34O5S2/c1-37(2,28-9-17-33(18-10-28)42-23-35-24-44-35)26-5-13-31(14-6-26)40-21-30(39)22-41-32-15-7-27(8-16-32)38(3,4)29-11-19-34(20-12-29)43-36-25-45-36;1-24(28-7-15-33(16-8-28)40-21-35-22-42-35)26-3-11-31(12-4-26)38-19-30(37)20-39-32-13-5-27(6-14-32)25(2)29-9-17-34(18-10-29)41-36-23-43-36;35-28(20-37-30-11-3-25(4-12-30)18-27-7-15-32(16-8-27)39-34-23-41-34)19-36-29-9-1-24(2-10-29)17-26-5-13-31(14-6-26)38-21-33-22-40-33/h5-20,30,35-36,39H,21-25H2,1-4H3;3-18,24-25,30,35-37H,19-23H2,1-2H3;1-16,28,33-35H,17-23H2. The number of rotatable bonds is 45. The van der Waals surface area contributed by atoms with Crippen LogP contribution >= 0.6 is 70.6 Å². The van der Waals surface area contributed by atoms with Gasteiger partial charge in [-0.3, -0.25) is 0 Å². The molecule has 0 aromatic heterocycles. The molecule has 129 heavy (non-hydrogen) atoms. The third kappa shape index (κ3) is 29.4. The highest BCUT2D eigenvalue weighted by molar-refractivity contribution is 8.07. The van der Waals surface area contributed by atoms with Gasteiger partial charge in [0.05, 0.1) is 0 Å². The molecule has 6 aliphatic heterocycles. The highest BCUT2D eigenvalue weighted by atomic mass is 32.2. The van der Waals surface area contributed by atoms with Crippen molar-refractivity contribution < 1.29 is 72.2 Å². The summed E-state index contributed by atoms with van der Waals surface area (Å²) in [7, 11) is 0. The van der Waals surface area contributed by atoms with E-state index in [1.165, 1.54) is 84.0 Å². The highest BCUT2D eigenvalue weighted by Crippen LogP contribution is 2.41. The molecule has 672 valence electrons. The fourth-order valence-corrected chi connectivity index (χ4v) is 16.5. The molecule has 15 nitrogen and oxygen atoms in total. The van der Waals surface area contributed by atoms with E-state index in [0.717, 1.165) is 107 Å². The van der Waals surface area contributed by atoms with Crippen molar-refractivity contribution in [2.75, 3.05) is 94.0 Å². The van der Waals surface area contributed by atoms with Gasteiger partial charge >= 0.3 is 0 Å². The van der Waals surface area contributed by atoms with Crippen molar-refractivity contribution in [2.24, 2.45) is 0 Å². The first-order valence-electron chi connectivity index (χ1n) is 44.4. The van der Waals surface area contributed by atoms with E-state index in [-0.39, 0.29) is 62.3 Å². The minimum absolute atomic E-state index is 0.147. The second-order valence-corrected chi connectivity index (χ2v) is 41.8. The minimum atomic E-state index is -0.758. The monoisotopic (exact) mass is 1840 g/mol. The average molecular weight is 1840 g/mol. The lowest BCUT2D eigenvalue weighted by atomic mass is 9.78. The fraction of sp³-hybridized carbons (Fsp3) is 0.333. The lowest BCUT2D eigenvalue weighted by Crippen LogP contribution is -2.25. The molecule has 0 bridgehead atoms. The first-order valence-corrected chi connectivity index (χ1v) is 50.7. The molecule has 11 atom stereocenters. The van der Waals surface area contributed by atoms with E-state index >= 15 is 0 Å². The summed E-state index contributed by atoms with van der Waals surface area (Å²) < 4.78 is 70.0. The molecular formula is C108H114O15S6. The van der Waals surface area contributed by atoms with Gasteiger partial charge in [0.1, 0.15) is 147 Å². The van der Waals surface area contributed by atoms with Crippen molar-refractivity contribution in [1.82, 2.24) is 0 Å². The number of aliphatic hydroxyl groups is 3. The first kappa shape index (κ1) is 92.5. The van der Waals surface area contributed by atoms with Crippen molar-refractivity contribution in [1.29, 1.82) is 0 Å². The summed E-state index contributed by atoms with van der Waals surface area (Å²) in [6.07, 6.45) is -0.551. The van der Waals surface area contributed by atoms with Crippen molar-refractivity contribution in [2.45, 2.75) is 127 Å². The van der Waals surface area contributed by atoms with Gasteiger partial charge in [0.15, 0.2) is 16.3 Å². The van der Waals surface area contributed by atoms with Gasteiger partial charge in [-0.25, -0.2) is 0 Å². The molecule has 6 heterocycles. The molecule has 0 spiro atoms. The molecule has 0 saturated carbocycles. The molecule has 6 fully saturated rings. The molecule has 3 N–H and O–H groups in total. The van der Waals surface area contributed by atoms with Crippen LogP contribution in [0.15, 0.2) is 291 Å². The van der Waals surface area contributed by atoms with E-state index in [1.807, 2.05) is 180 Å². The van der Waals surface area contributed by atoms with E-state index in [4.69, 9.17) is 56.8 Å². The maximum Gasteiger partial charge on any atom is 0.153 e. The molecule has 0 aliphatic carbocycles. The molecule has 6 saturated heterocycles. The normalized spacial score (nSPS) is 18.4. The van der Waals surface area contributed by atoms with E-state index in [9.17, 15) is 15.3 Å². The number of hydrogen-bond acceptors (Lipinski definition) is 21. The molecular weight excluding hydrogens is 1730 g/mol. The van der Waals surface area contributed by atoms with E-state index < -0.39 is 18.3 Å². The van der Waals surface area contributed by atoms with Crippen LogP contribution in [0.2, 0.25) is 0 Å². The molecule has 12 aromatic carbocycles. The van der Waals surface area contributed by atoms with Crippen molar-refractivity contribution in [3.05, 3.63) is 358 Å². The number of ether oxygens (including phenoxy) is 12. The zero-order valence-corrected chi connectivity index (χ0v) is 78.7. The number of hydrogen-bond donors (Lipinski definition) is 3. The van der Waals surface area contributed by atoms with Gasteiger partial charge in [-0.1, -0.05) is 187 Å². The predicted molar refractivity (Wildman–Crippen MR) is 529 cm³/mol. The summed E-state index contributed by atoms with van der Waals surface area (Å²) in [6.45, 7) is 16.6. The molecule has 0 radical (unpaired) electrons. The van der Waals surface area contributed by atoms with Gasteiger partial charge in [-0.05, 0) is 225 Å². The third-order valence-corrected chi connectivity index (χ3v) is 28.1. The zero-order chi connectivity index (χ0) is 88.9.